The minimum atomic E-state index is -0.214. The fraction of sp³-hybridized carbons (Fsp3) is 0.556. The number of nitrogens with zero attached hydrogens (tertiary/aromatic N) is 2. The van der Waals surface area contributed by atoms with Crippen LogP contribution in [0.15, 0.2) is 12.4 Å². The topological polar surface area (TPSA) is 47.0 Å². The van der Waals surface area contributed by atoms with Crippen LogP contribution in [-0.2, 0) is 4.74 Å². The lowest BCUT2D eigenvalue weighted by molar-refractivity contribution is 0.158. The van der Waals surface area contributed by atoms with E-state index in [-0.39, 0.29) is 5.54 Å². The first-order valence-corrected chi connectivity index (χ1v) is 4.66. The summed E-state index contributed by atoms with van der Waals surface area (Å²) in [6.45, 7) is 4.57. The summed E-state index contributed by atoms with van der Waals surface area (Å²) in [5, 5.41) is 3.53. The Labute approximate surface area is 88.7 Å². The second-order valence-electron chi connectivity index (χ2n) is 3.64. The van der Waals surface area contributed by atoms with E-state index in [4.69, 9.17) is 16.3 Å². The number of anilines is 1. The maximum atomic E-state index is 5.85. The highest BCUT2D eigenvalue weighted by molar-refractivity contribution is 6.31. The van der Waals surface area contributed by atoms with Crippen LogP contribution in [0.1, 0.15) is 13.8 Å². The average Bonchev–Trinajstić information content (AvgIpc) is 2.08. The number of rotatable bonds is 4. The molecule has 1 N–H and O–H groups in total. The van der Waals surface area contributed by atoms with Gasteiger partial charge in [0.15, 0.2) is 11.0 Å². The van der Waals surface area contributed by atoms with Gasteiger partial charge in [0.05, 0.1) is 12.1 Å². The minimum Gasteiger partial charge on any atom is -0.382 e. The Bertz CT molecular complexity index is 304. The molecule has 1 aromatic heterocycles. The Morgan fingerprint density at radius 2 is 2.07 bits per heavy atom. The van der Waals surface area contributed by atoms with Crippen LogP contribution in [0.3, 0.4) is 0 Å². The normalized spacial score (nSPS) is 11.4. The molecule has 0 fully saturated rings. The predicted molar refractivity (Wildman–Crippen MR) is 56.6 cm³/mol. The summed E-state index contributed by atoms with van der Waals surface area (Å²) in [7, 11) is 1.65. The molecule has 0 saturated carbocycles. The highest BCUT2D eigenvalue weighted by Gasteiger charge is 2.19. The molecule has 1 heterocycles. The van der Waals surface area contributed by atoms with Gasteiger partial charge in [-0.05, 0) is 13.8 Å². The zero-order chi connectivity index (χ0) is 10.6. The van der Waals surface area contributed by atoms with Crippen LogP contribution in [0.25, 0.3) is 0 Å². The van der Waals surface area contributed by atoms with Gasteiger partial charge in [0.1, 0.15) is 0 Å². The van der Waals surface area contributed by atoms with Crippen molar-refractivity contribution < 1.29 is 4.74 Å². The molecule has 0 amide bonds. The maximum absolute atomic E-state index is 5.85. The van der Waals surface area contributed by atoms with E-state index in [1.54, 1.807) is 19.5 Å². The third-order valence-electron chi connectivity index (χ3n) is 1.62. The largest absolute Gasteiger partial charge is 0.382 e. The zero-order valence-electron chi connectivity index (χ0n) is 8.54. The summed E-state index contributed by atoms with van der Waals surface area (Å²) in [4.78, 5) is 8.01. The molecule has 0 atom stereocenters. The van der Waals surface area contributed by atoms with Gasteiger partial charge in [0.25, 0.3) is 0 Å². The zero-order valence-corrected chi connectivity index (χ0v) is 9.30. The van der Waals surface area contributed by atoms with Gasteiger partial charge < -0.3 is 10.1 Å². The highest BCUT2D eigenvalue weighted by atomic mass is 35.5. The number of hydrogen-bond donors (Lipinski definition) is 1. The Kier molecular flexibility index (Phi) is 3.66. The van der Waals surface area contributed by atoms with Crippen LogP contribution >= 0.6 is 11.6 Å². The summed E-state index contributed by atoms with van der Waals surface area (Å²) in [6, 6.07) is 0. The number of nitrogens with one attached hydrogen (secondary N) is 1. The van der Waals surface area contributed by atoms with Crippen molar-refractivity contribution in [1.82, 2.24) is 9.97 Å². The van der Waals surface area contributed by atoms with Crippen molar-refractivity contribution in [3.05, 3.63) is 17.5 Å². The number of hydrogen-bond acceptors (Lipinski definition) is 4. The Hall–Kier alpha value is -0.870. The van der Waals surface area contributed by atoms with E-state index < -0.39 is 0 Å². The molecule has 0 bridgehead atoms. The van der Waals surface area contributed by atoms with Gasteiger partial charge in [-0.3, -0.25) is 0 Å². The highest BCUT2D eigenvalue weighted by Crippen LogP contribution is 2.19. The summed E-state index contributed by atoms with van der Waals surface area (Å²) in [5.41, 5.74) is -0.214. The van der Waals surface area contributed by atoms with Gasteiger partial charge in [-0.2, -0.15) is 0 Å². The molecule has 78 valence electrons. The number of halogens is 1. The summed E-state index contributed by atoms with van der Waals surface area (Å²) in [5.74, 6) is 0.580. The quantitative estimate of drug-likeness (QED) is 0.834. The summed E-state index contributed by atoms with van der Waals surface area (Å²) >= 11 is 5.85. The van der Waals surface area contributed by atoms with Crippen molar-refractivity contribution in [2.45, 2.75) is 19.4 Å². The molecule has 1 rings (SSSR count). The molecular weight excluding hydrogens is 202 g/mol. The molecular formula is C9H14ClN3O. The maximum Gasteiger partial charge on any atom is 0.171 e. The average molecular weight is 216 g/mol. The van der Waals surface area contributed by atoms with Gasteiger partial charge in [-0.15, -0.1) is 0 Å². The van der Waals surface area contributed by atoms with E-state index in [2.05, 4.69) is 15.3 Å². The lowest BCUT2D eigenvalue weighted by Gasteiger charge is -2.25. The molecule has 0 aromatic carbocycles. The monoisotopic (exact) mass is 215 g/mol. The molecule has 5 heteroatoms. The van der Waals surface area contributed by atoms with Gasteiger partial charge in [0, 0.05) is 19.5 Å². The minimum absolute atomic E-state index is 0.214. The SMILES string of the molecule is COCC(C)(C)Nc1nccnc1Cl. The Morgan fingerprint density at radius 3 is 2.64 bits per heavy atom. The molecule has 1 aromatic rings. The number of methoxy groups -OCH3 is 1. The fourth-order valence-electron chi connectivity index (χ4n) is 1.12. The van der Waals surface area contributed by atoms with Crippen molar-refractivity contribution in [1.29, 1.82) is 0 Å². The van der Waals surface area contributed by atoms with Crippen molar-refractivity contribution >= 4 is 17.4 Å². The van der Waals surface area contributed by atoms with Gasteiger partial charge in [-0.1, -0.05) is 11.6 Å². The second-order valence-corrected chi connectivity index (χ2v) is 4.00. The molecule has 14 heavy (non-hydrogen) atoms. The third kappa shape index (κ3) is 3.12. The van der Waals surface area contributed by atoms with Crippen molar-refractivity contribution in [3.63, 3.8) is 0 Å². The third-order valence-corrected chi connectivity index (χ3v) is 1.89. The van der Waals surface area contributed by atoms with Gasteiger partial charge in [0.2, 0.25) is 0 Å². The molecule has 4 nitrogen and oxygen atoms in total. The molecule has 0 unspecified atom stereocenters. The van der Waals surface area contributed by atoms with Crippen molar-refractivity contribution in [2.24, 2.45) is 0 Å². The van der Waals surface area contributed by atoms with E-state index in [1.807, 2.05) is 13.8 Å². The second kappa shape index (κ2) is 4.57. The predicted octanol–water partition coefficient (Wildman–Crippen LogP) is 1.97. The first-order chi connectivity index (χ1) is 6.55. The fourth-order valence-corrected chi connectivity index (χ4v) is 1.27. The van der Waals surface area contributed by atoms with Crippen molar-refractivity contribution in [3.8, 4) is 0 Å². The molecule has 0 spiro atoms. The first kappa shape index (κ1) is 11.2. The van der Waals surface area contributed by atoms with Crippen molar-refractivity contribution in [2.75, 3.05) is 19.0 Å². The Balaban J connectivity index is 2.73. The van der Waals surface area contributed by atoms with Crippen LogP contribution in [0, 0.1) is 0 Å². The van der Waals surface area contributed by atoms with Crippen LogP contribution in [0.5, 0.6) is 0 Å². The van der Waals surface area contributed by atoms with Gasteiger partial charge >= 0.3 is 0 Å². The standard InChI is InChI=1S/C9H14ClN3O/c1-9(2,6-14-3)13-8-7(10)11-4-5-12-8/h4-5H,6H2,1-3H3,(H,12,13). The molecule has 0 saturated heterocycles. The molecule has 0 aliphatic carbocycles. The van der Waals surface area contributed by atoms with E-state index in [9.17, 15) is 0 Å². The lowest BCUT2D eigenvalue weighted by Crippen LogP contribution is -2.36. The van der Waals surface area contributed by atoms with Crippen LogP contribution in [0.2, 0.25) is 5.15 Å². The number of ether oxygens (including phenoxy) is 1. The first-order valence-electron chi connectivity index (χ1n) is 4.29. The van der Waals surface area contributed by atoms with Crippen LogP contribution in [0.4, 0.5) is 5.82 Å². The molecule has 0 aliphatic rings. The van der Waals surface area contributed by atoms with Gasteiger partial charge in [-0.25, -0.2) is 9.97 Å². The van der Waals surface area contributed by atoms with Crippen LogP contribution in [-0.4, -0.2) is 29.2 Å². The smallest absolute Gasteiger partial charge is 0.171 e. The van der Waals surface area contributed by atoms with E-state index in [0.29, 0.717) is 17.6 Å². The Morgan fingerprint density at radius 1 is 1.43 bits per heavy atom. The molecule has 0 aliphatic heterocycles. The van der Waals surface area contributed by atoms with E-state index in [1.165, 1.54) is 0 Å². The summed E-state index contributed by atoms with van der Waals surface area (Å²) in [6.07, 6.45) is 3.15. The van der Waals surface area contributed by atoms with Crippen LogP contribution < -0.4 is 5.32 Å². The van der Waals surface area contributed by atoms with E-state index in [0.717, 1.165) is 0 Å². The van der Waals surface area contributed by atoms with E-state index >= 15 is 0 Å². The number of aromatic nitrogens is 2. The summed E-state index contributed by atoms with van der Waals surface area (Å²) < 4.78 is 5.06. The molecule has 0 radical (unpaired) electrons. The lowest BCUT2D eigenvalue weighted by atomic mass is 10.1.